The molecule has 1 amide bonds. The zero-order valence-electron chi connectivity index (χ0n) is 23.9. The summed E-state index contributed by atoms with van der Waals surface area (Å²) in [6.45, 7) is 6.24. The van der Waals surface area contributed by atoms with E-state index < -0.39 is 12.0 Å². The molecule has 2 N–H and O–H groups in total. The average Bonchev–Trinajstić information content (AvgIpc) is 2.81. The maximum atomic E-state index is 12.0. The van der Waals surface area contributed by atoms with E-state index in [0.717, 1.165) is 12.8 Å². The molecule has 0 aliphatic rings. The van der Waals surface area contributed by atoms with E-state index in [1.165, 1.54) is 128 Å². The molecule has 0 fully saturated rings. The highest BCUT2D eigenvalue weighted by molar-refractivity contribution is 5.83. The average molecular weight is 496 g/mol. The molecule has 0 unspecified atom stereocenters. The lowest BCUT2D eigenvalue weighted by molar-refractivity contribution is -0.142. The van der Waals surface area contributed by atoms with Crippen molar-refractivity contribution in [1.29, 1.82) is 0 Å². The second-order valence-electron chi connectivity index (χ2n) is 11.3. The summed E-state index contributed by atoms with van der Waals surface area (Å²) in [4.78, 5) is 23.2. The van der Waals surface area contributed by atoms with Gasteiger partial charge in [0.05, 0.1) is 0 Å². The van der Waals surface area contributed by atoms with Crippen molar-refractivity contribution in [3.8, 4) is 0 Å². The third-order valence-corrected chi connectivity index (χ3v) is 7.10. The largest absolute Gasteiger partial charge is 0.480 e. The molecule has 0 aliphatic heterocycles. The molecule has 0 aromatic rings. The predicted molar refractivity (Wildman–Crippen MR) is 151 cm³/mol. The highest BCUT2D eigenvalue weighted by Gasteiger charge is 2.20. The van der Waals surface area contributed by atoms with Gasteiger partial charge >= 0.3 is 5.97 Å². The Bertz CT molecular complexity index is 478. The minimum Gasteiger partial charge on any atom is -0.480 e. The minimum absolute atomic E-state index is 0.119. The zero-order valence-corrected chi connectivity index (χ0v) is 23.9. The third-order valence-electron chi connectivity index (χ3n) is 7.10. The first-order valence-corrected chi connectivity index (χ1v) is 15.5. The van der Waals surface area contributed by atoms with Crippen LogP contribution in [0.25, 0.3) is 0 Å². The van der Waals surface area contributed by atoms with E-state index in [1.807, 2.05) is 13.8 Å². The first-order chi connectivity index (χ1) is 17.0. The molecule has 0 aromatic carbocycles. The summed E-state index contributed by atoms with van der Waals surface area (Å²) in [5, 5.41) is 11.9. The fraction of sp³-hybridized carbons (Fsp3) is 0.935. The number of hydrogen-bond acceptors (Lipinski definition) is 2. The lowest BCUT2D eigenvalue weighted by Crippen LogP contribution is -2.41. The molecule has 208 valence electrons. The lowest BCUT2D eigenvalue weighted by atomic mass is 10.0. The van der Waals surface area contributed by atoms with Crippen LogP contribution in [0.15, 0.2) is 0 Å². The Morgan fingerprint density at radius 3 is 1.17 bits per heavy atom. The van der Waals surface area contributed by atoms with Crippen molar-refractivity contribution >= 4 is 11.9 Å². The Hall–Kier alpha value is -1.06. The number of nitrogens with one attached hydrogen (secondary N) is 1. The Balaban J connectivity index is 3.28. The van der Waals surface area contributed by atoms with E-state index in [-0.39, 0.29) is 11.8 Å². The molecule has 4 nitrogen and oxygen atoms in total. The highest BCUT2D eigenvalue weighted by atomic mass is 16.4. The molecule has 35 heavy (non-hydrogen) atoms. The standard InChI is InChI=1S/C31H61NO3/c1-4-5-6-7-8-9-10-11-12-13-14-15-16-17-18-19-20-21-22-23-24-25-26-30(33)32-29(31(34)35)27-28(2)3/h28-29H,4-27H2,1-3H3,(H,32,33)(H,34,35)/t29-/m0/s1. The number of carbonyl (C=O) groups excluding carboxylic acids is 1. The van der Waals surface area contributed by atoms with Crippen LogP contribution in [0.1, 0.15) is 175 Å². The van der Waals surface area contributed by atoms with Crippen molar-refractivity contribution in [2.75, 3.05) is 0 Å². The molecule has 0 aliphatic carbocycles. The van der Waals surface area contributed by atoms with Crippen molar-refractivity contribution < 1.29 is 14.7 Å². The van der Waals surface area contributed by atoms with Crippen molar-refractivity contribution in [2.45, 2.75) is 181 Å². The summed E-state index contributed by atoms with van der Waals surface area (Å²) in [7, 11) is 0. The van der Waals surface area contributed by atoms with Crippen LogP contribution >= 0.6 is 0 Å². The molecule has 4 heteroatoms. The van der Waals surface area contributed by atoms with Gasteiger partial charge in [0.25, 0.3) is 0 Å². The Kier molecular flexibility index (Phi) is 25.2. The number of carboxylic acid groups (broad SMARTS) is 1. The molecule has 0 radical (unpaired) electrons. The number of unbranched alkanes of at least 4 members (excludes halogenated alkanes) is 21. The molecular weight excluding hydrogens is 434 g/mol. The van der Waals surface area contributed by atoms with Crippen LogP contribution in [0.5, 0.6) is 0 Å². The molecular formula is C31H61NO3. The van der Waals surface area contributed by atoms with Gasteiger partial charge in [0, 0.05) is 6.42 Å². The van der Waals surface area contributed by atoms with Crippen molar-refractivity contribution in [3.05, 3.63) is 0 Å². The van der Waals surface area contributed by atoms with Gasteiger partial charge in [0.2, 0.25) is 5.91 Å². The molecule has 0 heterocycles. The van der Waals surface area contributed by atoms with Crippen molar-refractivity contribution in [3.63, 3.8) is 0 Å². The van der Waals surface area contributed by atoms with Gasteiger partial charge in [-0.2, -0.15) is 0 Å². The van der Waals surface area contributed by atoms with E-state index in [2.05, 4.69) is 12.2 Å². The summed E-state index contributed by atoms with van der Waals surface area (Å²) < 4.78 is 0. The van der Waals surface area contributed by atoms with E-state index in [9.17, 15) is 14.7 Å². The Morgan fingerprint density at radius 2 is 0.886 bits per heavy atom. The van der Waals surface area contributed by atoms with Crippen LogP contribution in [0.3, 0.4) is 0 Å². The molecule has 0 spiro atoms. The molecule has 1 atom stereocenters. The summed E-state index contributed by atoms with van der Waals surface area (Å²) in [5.74, 6) is -0.793. The summed E-state index contributed by atoms with van der Waals surface area (Å²) in [6.07, 6.45) is 30.7. The van der Waals surface area contributed by atoms with E-state index >= 15 is 0 Å². The van der Waals surface area contributed by atoms with Gasteiger partial charge in [-0.15, -0.1) is 0 Å². The maximum absolute atomic E-state index is 12.0. The van der Waals surface area contributed by atoms with Crippen LogP contribution in [0.2, 0.25) is 0 Å². The predicted octanol–water partition coefficient (Wildman–Crippen LogP) is 9.59. The summed E-state index contributed by atoms with van der Waals surface area (Å²) in [6, 6.07) is -0.748. The van der Waals surface area contributed by atoms with E-state index in [1.54, 1.807) is 0 Å². The maximum Gasteiger partial charge on any atom is 0.326 e. The van der Waals surface area contributed by atoms with Crippen LogP contribution in [0, 0.1) is 5.92 Å². The van der Waals surface area contributed by atoms with Crippen LogP contribution in [-0.4, -0.2) is 23.0 Å². The van der Waals surface area contributed by atoms with Crippen LogP contribution < -0.4 is 5.32 Å². The first-order valence-electron chi connectivity index (χ1n) is 15.5. The molecule has 0 saturated heterocycles. The SMILES string of the molecule is CCCCCCCCCCCCCCCCCCCCCCCCC(=O)N[C@@H](CC(C)C)C(=O)O. The number of carbonyl (C=O) groups is 2. The van der Waals surface area contributed by atoms with Crippen molar-refractivity contribution in [2.24, 2.45) is 5.92 Å². The summed E-state index contributed by atoms with van der Waals surface area (Å²) in [5.41, 5.74) is 0. The van der Waals surface area contributed by atoms with Gasteiger partial charge < -0.3 is 10.4 Å². The van der Waals surface area contributed by atoms with Gasteiger partial charge in [0.1, 0.15) is 6.04 Å². The summed E-state index contributed by atoms with van der Waals surface area (Å²) >= 11 is 0. The number of carboxylic acids is 1. The monoisotopic (exact) mass is 495 g/mol. The second kappa shape index (κ2) is 26.0. The topological polar surface area (TPSA) is 66.4 Å². The van der Waals surface area contributed by atoms with Gasteiger partial charge in [-0.3, -0.25) is 4.79 Å². The number of amides is 1. The molecule has 0 rings (SSSR count). The minimum atomic E-state index is -0.930. The lowest BCUT2D eigenvalue weighted by Gasteiger charge is -2.16. The highest BCUT2D eigenvalue weighted by Crippen LogP contribution is 2.15. The first kappa shape index (κ1) is 33.9. The molecule has 0 saturated carbocycles. The van der Waals surface area contributed by atoms with E-state index in [4.69, 9.17) is 0 Å². The quantitative estimate of drug-likeness (QED) is 0.111. The van der Waals surface area contributed by atoms with Gasteiger partial charge in [-0.25, -0.2) is 4.79 Å². The van der Waals surface area contributed by atoms with Gasteiger partial charge in [0.15, 0.2) is 0 Å². The number of aliphatic carboxylic acids is 1. The van der Waals surface area contributed by atoms with Gasteiger partial charge in [-0.05, 0) is 18.8 Å². The van der Waals surface area contributed by atoms with Crippen LogP contribution in [0.4, 0.5) is 0 Å². The molecule has 0 bridgehead atoms. The van der Waals surface area contributed by atoms with E-state index in [0.29, 0.717) is 12.8 Å². The van der Waals surface area contributed by atoms with Crippen molar-refractivity contribution in [1.82, 2.24) is 5.32 Å². The second-order valence-corrected chi connectivity index (χ2v) is 11.3. The zero-order chi connectivity index (χ0) is 26.0. The van der Waals surface area contributed by atoms with Crippen LogP contribution in [-0.2, 0) is 9.59 Å². The fourth-order valence-electron chi connectivity index (χ4n) is 4.85. The normalized spacial score (nSPS) is 12.2. The number of hydrogen-bond donors (Lipinski definition) is 2. The smallest absolute Gasteiger partial charge is 0.326 e. The van der Waals surface area contributed by atoms with Gasteiger partial charge in [-0.1, -0.05) is 156 Å². The number of rotatable bonds is 27. The Labute approximate surface area is 218 Å². The Morgan fingerprint density at radius 1 is 0.571 bits per heavy atom. The molecule has 0 aromatic heterocycles. The fourth-order valence-corrected chi connectivity index (χ4v) is 4.85. The third kappa shape index (κ3) is 25.8.